The molecule has 0 aliphatic carbocycles. The molecule has 0 saturated carbocycles. The first-order valence-corrected chi connectivity index (χ1v) is 5.50. The smallest absolute Gasteiger partial charge is 0.0852 e. The minimum Gasteiger partial charge on any atom is -0.255 e. The summed E-state index contributed by atoms with van der Waals surface area (Å²) >= 11 is 7.72. The molecule has 1 aromatic heterocycles. The van der Waals surface area contributed by atoms with Crippen molar-refractivity contribution in [3.05, 3.63) is 35.5 Å². The molecule has 0 amide bonds. The van der Waals surface area contributed by atoms with E-state index >= 15 is 0 Å². The van der Waals surface area contributed by atoms with E-state index in [1.165, 1.54) is 4.90 Å². The SMILES string of the molecule is CSc1cccc2c(Cl)ccnc12. The maximum Gasteiger partial charge on any atom is 0.0852 e. The fraction of sp³-hybridized carbons (Fsp3) is 0.100. The first-order valence-electron chi connectivity index (χ1n) is 3.90. The van der Waals surface area contributed by atoms with Crippen LogP contribution >= 0.6 is 23.4 Å². The van der Waals surface area contributed by atoms with Crippen LogP contribution < -0.4 is 0 Å². The molecule has 0 saturated heterocycles. The first-order chi connectivity index (χ1) is 6.33. The Kier molecular flexibility index (Phi) is 2.42. The second-order valence-electron chi connectivity index (χ2n) is 2.65. The van der Waals surface area contributed by atoms with E-state index < -0.39 is 0 Å². The van der Waals surface area contributed by atoms with Crippen molar-refractivity contribution in [2.24, 2.45) is 0 Å². The summed E-state index contributed by atoms with van der Waals surface area (Å²) in [6.07, 6.45) is 3.78. The lowest BCUT2D eigenvalue weighted by Gasteiger charge is -2.02. The van der Waals surface area contributed by atoms with Gasteiger partial charge in [0.15, 0.2) is 0 Å². The third kappa shape index (κ3) is 1.52. The van der Waals surface area contributed by atoms with Crippen LogP contribution in [0.1, 0.15) is 0 Å². The number of hydrogen-bond donors (Lipinski definition) is 0. The lowest BCUT2D eigenvalue weighted by Crippen LogP contribution is -1.81. The largest absolute Gasteiger partial charge is 0.255 e. The first kappa shape index (κ1) is 8.85. The average Bonchev–Trinajstić information content (AvgIpc) is 2.18. The fourth-order valence-corrected chi connectivity index (χ4v) is 2.06. The predicted octanol–water partition coefficient (Wildman–Crippen LogP) is 3.61. The highest BCUT2D eigenvalue weighted by Gasteiger charge is 2.02. The Morgan fingerprint density at radius 1 is 1.31 bits per heavy atom. The summed E-state index contributed by atoms with van der Waals surface area (Å²) in [4.78, 5) is 5.47. The maximum absolute atomic E-state index is 6.04. The van der Waals surface area contributed by atoms with Gasteiger partial charge in [-0.3, -0.25) is 4.98 Å². The Balaban J connectivity index is 2.84. The van der Waals surface area contributed by atoms with E-state index in [1.54, 1.807) is 18.0 Å². The van der Waals surface area contributed by atoms with E-state index in [1.807, 2.05) is 24.5 Å². The molecule has 0 aliphatic rings. The van der Waals surface area contributed by atoms with E-state index in [9.17, 15) is 0 Å². The summed E-state index contributed by atoms with van der Waals surface area (Å²) < 4.78 is 0. The molecule has 0 unspecified atom stereocenters. The number of nitrogens with zero attached hydrogens (tertiary/aromatic N) is 1. The van der Waals surface area contributed by atoms with Crippen molar-refractivity contribution in [2.45, 2.75) is 4.90 Å². The summed E-state index contributed by atoms with van der Waals surface area (Å²) in [6.45, 7) is 0. The molecule has 0 N–H and O–H groups in total. The van der Waals surface area contributed by atoms with Gasteiger partial charge in [-0.05, 0) is 18.4 Å². The Morgan fingerprint density at radius 3 is 2.92 bits per heavy atom. The summed E-state index contributed by atoms with van der Waals surface area (Å²) in [7, 11) is 0. The molecule has 1 aromatic carbocycles. The molecule has 3 heteroatoms. The number of halogens is 1. The summed E-state index contributed by atoms with van der Waals surface area (Å²) in [5.41, 5.74) is 0.988. The number of benzene rings is 1. The van der Waals surface area contributed by atoms with Gasteiger partial charge in [0.1, 0.15) is 0 Å². The molecular formula is C10H8ClNS. The molecule has 0 fully saturated rings. The molecule has 0 spiro atoms. The molecule has 0 aliphatic heterocycles. The summed E-state index contributed by atoms with van der Waals surface area (Å²) in [6, 6.07) is 7.86. The van der Waals surface area contributed by atoms with Gasteiger partial charge in [-0.25, -0.2) is 0 Å². The second-order valence-corrected chi connectivity index (χ2v) is 3.90. The Labute approximate surface area is 86.1 Å². The van der Waals surface area contributed by atoms with Gasteiger partial charge in [0, 0.05) is 16.5 Å². The molecular weight excluding hydrogens is 202 g/mol. The number of aromatic nitrogens is 1. The number of fused-ring (bicyclic) bond motifs is 1. The zero-order valence-corrected chi connectivity index (χ0v) is 8.69. The van der Waals surface area contributed by atoms with Crippen molar-refractivity contribution in [1.82, 2.24) is 4.98 Å². The third-order valence-corrected chi connectivity index (χ3v) is 3.00. The molecule has 2 rings (SSSR count). The van der Waals surface area contributed by atoms with Crippen LogP contribution in [0.5, 0.6) is 0 Å². The Morgan fingerprint density at radius 2 is 2.15 bits per heavy atom. The number of pyridine rings is 1. The van der Waals surface area contributed by atoms with E-state index in [-0.39, 0.29) is 0 Å². The van der Waals surface area contributed by atoms with Crippen molar-refractivity contribution in [3.8, 4) is 0 Å². The van der Waals surface area contributed by atoms with Crippen LogP contribution in [0.2, 0.25) is 5.02 Å². The van der Waals surface area contributed by atoms with Crippen molar-refractivity contribution in [3.63, 3.8) is 0 Å². The van der Waals surface area contributed by atoms with Crippen molar-refractivity contribution >= 4 is 34.3 Å². The van der Waals surface area contributed by atoms with Gasteiger partial charge < -0.3 is 0 Å². The van der Waals surface area contributed by atoms with Crippen molar-refractivity contribution in [2.75, 3.05) is 6.26 Å². The summed E-state index contributed by atoms with van der Waals surface area (Å²) in [5.74, 6) is 0. The molecule has 66 valence electrons. The quantitative estimate of drug-likeness (QED) is 0.666. The molecule has 1 nitrogen and oxygen atoms in total. The van der Waals surface area contributed by atoms with Crippen LogP contribution in [0.15, 0.2) is 35.4 Å². The van der Waals surface area contributed by atoms with Gasteiger partial charge in [-0.15, -0.1) is 11.8 Å². The minimum absolute atomic E-state index is 0.765. The Hall–Kier alpha value is -0.730. The topological polar surface area (TPSA) is 12.9 Å². The third-order valence-electron chi connectivity index (χ3n) is 1.90. The van der Waals surface area contributed by atoms with E-state index in [2.05, 4.69) is 11.1 Å². The average molecular weight is 210 g/mol. The van der Waals surface area contributed by atoms with Gasteiger partial charge in [0.05, 0.1) is 10.5 Å². The number of rotatable bonds is 1. The van der Waals surface area contributed by atoms with Crippen LogP contribution in [-0.4, -0.2) is 11.2 Å². The standard InChI is InChI=1S/C10H8ClNS/c1-13-9-4-2-3-7-8(11)5-6-12-10(7)9/h2-6H,1H3. The Bertz CT molecular complexity index is 442. The number of hydrogen-bond acceptors (Lipinski definition) is 2. The molecule has 2 aromatic rings. The monoisotopic (exact) mass is 209 g/mol. The minimum atomic E-state index is 0.765. The van der Waals surface area contributed by atoms with Crippen LogP contribution in [0.25, 0.3) is 10.9 Å². The molecule has 0 atom stereocenters. The van der Waals surface area contributed by atoms with Crippen LogP contribution in [-0.2, 0) is 0 Å². The fourth-order valence-electron chi connectivity index (χ4n) is 1.28. The zero-order valence-electron chi connectivity index (χ0n) is 7.12. The van der Waals surface area contributed by atoms with E-state index in [0.29, 0.717) is 0 Å². The van der Waals surface area contributed by atoms with Gasteiger partial charge in [0.25, 0.3) is 0 Å². The van der Waals surface area contributed by atoms with Crippen LogP contribution in [0.3, 0.4) is 0 Å². The highest BCUT2D eigenvalue weighted by atomic mass is 35.5. The highest BCUT2D eigenvalue weighted by Crippen LogP contribution is 2.28. The lowest BCUT2D eigenvalue weighted by atomic mass is 10.2. The van der Waals surface area contributed by atoms with Crippen LogP contribution in [0, 0.1) is 0 Å². The normalized spacial score (nSPS) is 10.6. The molecule has 13 heavy (non-hydrogen) atoms. The summed E-state index contributed by atoms with van der Waals surface area (Å²) in [5, 5.41) is 1.79. The molecule has 0 radical (unpaired) electrons. The van der Waals surface area contributed by atoms with Gasteiger partial charge in [-0.1, -0.05) is 23.7 Å². The van der Waals surface area contributed by atoms with E-state index in [4.69, 9.17) is 11.6 Å². The molecule has 1 heterocycles. The van der Waals surface area contributed by atoms with Crippen molar-refractivity contribution < 1.29 is 0 Å². The van der Waals surface area contributed by atoms with Gasteiger partial charge in [-0.2, -0.15) is 0 Å². The van der Waals surface area contributed by atoms with Crippen LogP contribution in [0.4, 0.5) is 0 Å². The predicted molar refractivity (Wildman–Crippen MR) is 58.5 cm³/mol. The highest BCUT2D eigenvalue weighted by molar-refractivity contribution is 7.98. The maximum atomic E-state index is 6.04. The second kappa shape index (κ2) is 3.56. The number of thioether (sulfide) groups is 1. The zero-order chi connectivity index (χ0) is 9.26. The van der Waals surface area contributed by atoms with Gasteiger partial charge in [0.2, 0.25) is 0 Å². The number of para-hydroxylation sites is 1. The van der Waals surface area contributed by atoms with Crippen molar-refractivity contribution in [1.29, 1.82) is 0 Å². The van der Waals surface area contributed by atoms with E-state index in [0.717, 1.165) is 15.9 Å². The molecule has 0 bridgehead atoms. The van der Waals surface area contributed by atoms with Gasteiger partial charge >= 0.3 is 0 Å². The lowest BCUT2D eigenvalue weighted by molar-refractivity contribution is 1.35.